The summed E-state index contributed by atoms with van der Waals surface area (Å²) in [5.41, 5.74) is 0.559. The summed E-state index contributed by atoms with van der Waals surface area (Å²) in [4.78, 5) is 15.9. The summed E-state index contributed by atoms with van der Waals surface area (Å²) in [6, 6.07) is 1.79. The number of hydrogen-bond acceptors (Lipinski definition) is 3. The highest BCUT2D eigenvalue weighted by molar-refractivity contribution is 9.10. The van der Waals surface area contributed by atoms with E-state index in [1.807, 2.05) is 6.92 Å². The summed E-state index contributed by atoms with van der Waals surface area (Å²) in [6.45, 7) is 2.77. The topological polar surface area (TPSA) is 51.2 Å². The molecule has 1 saturated heterocycles. The number of pyridine rings is 1. The van der Waals surface area contributed by atoms with E-state index >= 15 is 0 Å². The van der Waals surface area contributed by atoms with Crippen molar-refractivity contribution in [3.05, 3.63) is 28.5 Å². The van der Waals surface area contributed by atoms with Gasteiger partial charge in [0.2, 0.25) is 0 Å². The Bertz CT molecular complexity index is 405. The van der Waals surface area contributed by atoms with E-state index in [1.54, 1.807) is 18.5 Å². The second-order valence-corrected chi connectivity index (χ2v) is 5.12. The van der Waals surface area contributed by atoms with Gasteiger partial charge in [-0.2, -0.15) is 0 Å². The molecule has 17 heavy (non-hydrogen) atoms. The normalized spacial score (nSPS) is 21.2. The van der Waals surface area contributed by atoms with E-state index in [2.05, 4.69) is 26.2 Å². The van der Waals surface area contributed by atoms with Crippen molar-refractivity contribution < 1.29 is 9.53 Å². The van der Waals surface area contributed by atoms with Crippen LogP contribution in [0.3, 0.4) is 0 Å². The van der Waals surface area contributed by atoms with Crippen LogP contribution in [-0.2, 0) is 4.74 Å². The number of hydrogen-bond donors (Lipinski definition) is 1. The summed E-state index contributed by atoms with van der Waals surface area (Å²) in [7, 11) is 0. The second-order valence-electron chi connectivity index (χ2n) is 4.21. The Morgan fingerprint density at radius 2 is 2.47 bits per heavy atom. The lowest BCUT2D eigenvalue weighted by Gasteiger charge is -2.19. The first-order valence-electron chi connectivity index (χ1n) is 5.70. The minimum Gasteiger partial charge on any atom is -0.376 e. The van der Waals surface area contributed by atoms with Crippen LogP contribution in [0.25, 0.3) is 0 Å². The zero-order valence-electron chi connectivity index (χ0n) is 9.65. The fourth-order valence-corrected chi connectivity index (χ4v) is 2.28. The molecule has 2 atom stereocenters. The fourth-order valence-electron chi connectivity index (χ4n) is 1.92. The van der Waals surface area contributed by atoms with Crippen LogP contribution in [-0.4, -0.2) is 29.6 Å². The average molecular weight is 299 g/mol. The molecule has 1 aromatic heterocycles. The number of amides is 1. The molecule has 0 bridgehead atoms. The van der Waals surface area contributed by atoms with E-state index in [-0.39, 0.29) is 18.1 Å². The number of carbonyl (C=O) groups is 1. The van der Waals surface area contributed by atoms with Gasteiger partial charge < -0.3 is 10.1 Å². The lowest BCUT2D eigenvalue weighted by Crippen LogP contribution is -2.40. The molecule has 0 unspecified atom stereocenters. The van der Waals surface area contributed by atoms with Gasteiger partial charge in [0, 0.05) is 23.5 Å². The van der Waals surface area contributed by atoms with Crippen LogP contribution in [0.1, 0.15) is 30.1 Å². The van der Waals surface area contributed by atoms with Crippen molar-refractivity contribution in [2.45, 2.75) is 31.9 Å². The largest absolute Gasteiger partial charge is 0.376 e. The summed E-state index contributed by atoms with van der Waals surface area (Å²) in [5.74, 6) is -0.109. The fraction of sp³-hybridized carbons (Fsp3) is 0.500. The second kappa shape index (κ2) is 5.60. The molecule has 92 valence electrons. The smallest absolute Gasteiger partial charge is 0.253 e. The third kappa shape index (κ3) is 3.26. The minimum atomic E-state index is -0.109. The molecule has 1 aliphatic rings. The van der Waals surface area contributed by atoms with Crippen molar-refractivity contribution >= 4 is 21.8 Å². The number of halogens is 1. The Morgan fingerprint density at radius 3 is 3.12 bits per heavy atom. The van der Waals surface area contributed by atoms with Gasteiger partial charge >= 0.3 is 0 Å². The molecule has 2 heterocycles. The van der Waals surface area contributed by atoms with Gasteiger partial charge in [-0.15, -0.1) is 0 Å². The Hall–Kier alpha value is -0.940. The van der Waals surface area contributed by atoms with Crippen LogP contribution in [0.2, 0.25) is 0 Å². The summed E-state index contributed by atoms with van der Waals surface area (Å²) in [5, 5.41) is 2.94. The monoisotopic (exact) mass is 298 g/mol. The van der Waals surface area contributed by atoms with Crippen LogP contribution in [0.5, 0.6) is 0 Å². The summed E-state index contributed by atoms with van der Waals surface area (Å²) < 4.78 is 6.34. The van der Waals surface area contributed by atoms with Gasteiger partial charge in [0.25, 0.3) is 5.91 Å². The Labute approximate surface area is 109 Å². The molecule has 0 aromatic carbocycles. The molecular weight excluding hydrogens is 284 g/mol. The third-order valence-corrected chi connectivity index (χ3v) is 3.28. The van der Waals surface area contributed by atoms with Crippen molar-refractivity contribution in [1.82, 2.24) is 10.3 Å². The molecular formula is C12H15BrN2O2. The quantitative estimate of drug-likeness (QED) is 0.930. The highest BCUT2D eigenvalue weighted by atomic mass is 79.9. The zero-order valence-corrected chi connectivity index (χ0v) is 11.2. The molecule has 4 nitrogen and oxygen atoms in total. The third-order valence-electron chi connectivity index (χ3n) is 2.85. The molecule has 1 aliphatic heterocycles. The number of rotatable bonds is 3. The molecule has 1 amide bonds. The van der Waals surface area contributed by atoms with Gasteiger partial charge in [-0.05, 0) is 41.8 Å². The standard InChI is InChI=1S/C12H15BrN2O2/c1-8(11-3-2-4-17-11)15-12(16)9-5-10(13)7-14-6-9/h5-8,11H,2-4H2,1H3,(H,15,16)/t8-,11+/m1/s1. The molecule has 0 aliphatic carbocycles. The van der Waals surface area contributed by atoms with Gasteiger partial charge in [0.15, 0.2) is 0 Å². The van der Waals surface area contributed by atoms with Crippen LogP contribution in [0.4, 0.5) is 0 Å². The average Bonchev–Trinajstić information content (AvgIpc) is 2.82. The molecule has 0 spiro atoms. The van der Waals surface area contributed by atoms with E-state index in [0.717, 1.165) is 23.9 Å². The minimum absolute atomic E-state index is 0.0315. The number of aromatic nitrogens is 1. The zero-order chi connectivity index (χ0) is 12.3. The summed E-state index contributed by atoms with van der Waals surface area (Å²) in [6.07, 6.45) is 5.43. The first kappa shape index (κ1) is 12.5. The Morgan fingerprint density at radius 1 is 1.65 bits per heavy atom. The van der Waals surface area contributed by atoms with E-state index < -0.39 is 0 Å². The first-order chi connectivity index (χ1) is 8.16. The molecule has 2 rings (SSSR count). The van der Waals surface area contributed by atoms with E-state index in [4.69, 9.17) is 4.74 Å². The maximum atomic E-state index is 11.9. The molecule has 0 radical (unpaired) electrons. The highest BCUT2D eigenvalue weighted by Crippen LogP contribution is 2.16. The number of nitrogens with one attached hydrogen (secondary N) is 1. The van der Waals surface area contributed by atoms with E-state index in [1.165, 1.54) is 0 Å². The predicted molar refractivity (Wildman–Crippen MR) is 67.8 cm³/mol. The number of nitrogens with zero attached hydrogens (tertiary/aromatic N) is 1. The number of carbonyl (C=O) groups excluding carboxylic acids is 1. The van der Waals surface area contributed by atoms with Crippen molar-refractivity contribution in [2.24, 2.45) is 0 Å². The van der Waals surface area contributed by atoms with Gasteiger partial charge in [-0.1, -0.05) is 0 Å². The van der Waals surface area contributed by atoms with Crippen LogP contribution < -0.4 is 5.32 Å². The highest BCUT2D eigenvalue weighted by Gasteiger charge is 2.23. The lowest BCUT2D eigenvalue weighted by molar-refractivity contribution is 0.0712. The van der Waals surface area contributed by atoms with Gasteiger partial charge in [0.1, 0.15) is 0 Å². The van der Waals surface area contributed by atoms with E-state index in [9.17, 15) is 4.79 Å². The maximum Gasteiger partial charge on any atom is 0.253 e. The van der Waals surface area contributed by atoms with Crippen molar-refractivity contribution in [3.63, 3.8) is 0 Å². The Kier molecular flexibility index (Phi) is 4.12. The molecule has 1 fully saturated rings. The van der Waals surface area contributed by atoms with Gasteiger partial charge in [0.05, 0.1) is 17.7 Å². The number of ether oxygens (including phenoxy) is 1. The Balaban J connectivity index is 1.96. The molecule has 5 heteroatoms. The molecule has 1 N–H and O–H groups in total. The molecule has 0 saturated carbocycles. The van der Waals surface area contributed by atoms with Crippen LogP contribution >= 0.6 is 15.9 Å². The SMILES string of the molecule is C[C@@H](NC(=O)c1cncc(Br)c1)[C@@H]1CCCO1. The maximum absolute atomic E-state index is 11.9. The van der Waals surface area contributed by atoms with Crippen molar-refractivity contribution in [3.8, 4) is 0 Å². The lowest BCUT2D eigenvalue weighted by atomic mass is 10.1. The molecule has 1 aromatic rings. The van der Waals surface area contributed by atoms with Crippen LogP contribution in [0, 0.1) is 0 Å². The first-order valence-corrected chi connectivity index (χ1v) is 6.49. The van der Waals surface area contributed by atoms with Gasteiger partial charge in [-0.3, -0.25) is 9.78 Å². The van der Waals surface area contributed by atoms with Crippen LogP contribution in [0.15, 0.2) is 22.9 Å². The van der Waals surface area contributed by atoms with Gasteiger partial charge in [-0.25, -0.2) is 0 Å². The summed E-state index contributed by atoms with van der Waals surface area (Å²) >= 11 is 3.30. The predicted octanol–water partition coefficient (Wildman–Crippen LogP) is 2.14. The van der Waals surface area contributed by atoms with E-state index in [0.29, 0.717) is 5.56 Å². The van der Waals surface area contributed by atoms with Crippen molar-refractivity contribution in [1.29, 1.82) is 0 Å². The van der Waals surface area contributed by atoms with Crippen molar-refractivity contribution in [2.75, 3.05) is 6.61 Å².